The van der Waals surface area contributed by atoms with Gasteiger partial charge in [-0.1, -0.05) is 30.3 Å². The van der Waals surface area contributed by atoms with Crippen molar-refractivity contribution in [1.29, 1.82) is 0 Å². The van der Waals surface area contributed by atoms with Gasteiger partial charge in [-0.3, -0.25) is 0 Å². The molecule has 0 saturated heterocycles. The van der Waals surface area contributed by atoms with Crippen molar-refractivity contribution in [2.24, 2.45) is 0 Å². The SMILES string of the molecule is CS(=O)(=O)N(Cc1ccc(F)cc1)Cc1ncc(C(=O)O)c(Nc2ccccc2)n1. The molecule has 0 aliphatic heterocycles. The van der Waals surface area contributed by atoms with Crippen LogP contribution in [0.25, 0.3) is 0 Å². The third-order valence-corrected chi connectivity index (χ3v) is 5.36. The molecule has 3 rings (SSSR count). The highest BCUT2D eigenvalue weighted by atomic mass is 32.2. The van der Waals surface area contributed by atoms with Crippen LogP contribution in [0.2, 0.25) is 0 Å². The van der Waals surface area contributed by atoms with E-state index in [9.17, 15) is 22.7 Å². The molecule has 0 aliphatic carbocycles. The summed E-state index contributed by atoms with van der Waals surface area (Å²) in [5, 5.41) is 12.3. The summed E-state index contributed by atoms with van der Waals surface area (Å²) < 4.78 is 38.7. The second-order valence-corrected chi connectivity index (χ2v) is 8.48. The van der Waals surface area contributed by atoms with Gasteiger partial charge in [0.25, 0.3) is 0 Å². The lowest BCUT2D eigenvalue weighted by Crippen LogP contribution is -2.30. The molecule has 3 aromatic rings. The minimum Gasteiger partial charge on any atom is -0.477 e. The number of carboxylic acids is 1. The highest BCUT2D eigenvalue weighted by molar-refractivity contribution is 7.88. The summed E-state index contributed by atoms with van der Waals surface area (Å²) in [4.78, 5) is 19.8. The lowest BCUT2D eigenvalue weighted by molar-refractivity contribution is 0.0697. The summed E-state index contributed by atoms with van der Waals surface area (Å²) >= 11 is 0. The number of rotatable bonds is 8. The van der Waals surface area contributed by atoms with Crippen LogP contribution in [0.5, 0.6) is 0 Å². The number of benzene rings is 2. The number of para-hydroxylation sites is 1. The molecule has 0 spiro atoms. The molecular weight excluding hydrogens is 411 g/mol. The topological polar surface area (TPSA) is 112 Å². The fourth-order valence-electron chi connectivity index (χ4n) is 2.65. The van der Waals surface area contributed by atoms with E-state index in [-0.39, 0.29) is 30.3 Å². The van der Waals surface area contributed by atoms with E-state index in [4.69, 9.17) is 0 Å². The Morgan fingerprint density at radius 1 is 1.10 bits per heavy atom. The second-order valence-electron chi connectivity index (χ2n) is 6.50. The van der Waals surface area contributed by atoms with Crippen LogP contribution in [-0.2, 0) is 23.1 Å². The molecule has 10 heteroatoms. The number of aromatic nitrogens is 2. The first-order chi connectivity index (χ1) is 14.2. The fourth-order valence-corrected chi connectivity index (χ4v) is 3.38. The molecule has 156 valence electrons. The average molecular weight is 430 g/mol. The van der Waals surface area contributed by atoms with Crippen molar-refractivity contribution in [2.45, 2.75) is 13.1 Å². The minimum absolute atomic E-state index is 0.00932. The summed E-state index contributed by atoms with van der Waals surface area (Å²) in [7, 11) is -3.65. The van der Waals surface area contributed by atoms with Crippen molar-refractivity contribution >= 4 is 27.5 Å². The third kappa shape index (κ3) is 5.58. The highest BCUT2D eigenvalue weighted by Crippen LogP contribution is 2.20. The molecule has 0 saturated carbocycles. The molecule has 1 aromatic heterocycles. The summed E-state index contributed by atoms with van der Waals surface area (Å²) in [5.74, 6) is -1.47. The van der Waals surface area contributed by atoms with Gasteiger partial charge in [0.15, 0.2) is 0 Å². The molecule has 0 fully saturated rings. The summed E-state index contributed by atoms with van der Waals surface area (Å²) in [6.45, 7) is -0.190. The van der Waals surface area contributed by atoms with Crippen molar-refractivity contribution in [3.8, 4) is 0 Å². The van der Waals surface area contributed by atoms with Gasteiger partial charge in [0.1, 0.15) is 23.0 Å². The molecule has 0 radical (unpaired) electrons. The van der Waals surface area contributed by atoms with Crippen molar-refractivity contribution in [2.75, 3.05) is 11.6 Å². The number of aromatic carboxylic acids is 1. The quantitative estimate of drug-likeness (QED) is 0.565. The number of sulfonamides is 1. The maximum Gasteiger partial charge on any atom is 0.341 e. The first kappa shape index (κ1) is 21.3. The zero-order valence-corrected chi connectivity index (χ0v) is 16.8. The Labute approximate surface area is 173 Å². The molecule has 2 N–H and O–H groups in total. The summed E-state index contributed by atoms with van der Waals surface area (Å²) in [6.07, 6.45) is 2.18. The zero-order chi connectivity index (χ0) is 21.7. The normalized spacial score (nSPS) is 11.4. The van der Waals surface area contributed by atoms with Crippen LogP contribution in [0.4, 0.5) is 15.9 Å². The van der Waals surface area contributed by atoms with Crippen molar-refractivity contribution in [1.82, 2.24) is 14.3 Å². The van der Waals surface area contributed by atoms with E-state index in [1.54, 1.807) is 24.3 Å². The van der Waals surface area contributed by atoms with E-state index >= 15 is 0 Å². The van der Waals surface area contributed by atoms with Crippen LogP contribution in [0.3, 0.4) is 0 Å². The highest BCUT2D eigenvalue weighted by Gasteiger charge is 2.21. The first-order valence-corrected chi connectivity index (χ1v) is 10.7. The first-order valence-electron chi connectivity index (χ1n) is 8.83. The number of nitrogens with zero attached hydrogens (tertiary/aromatic N) is 3. The minimum atomic E-state index is -3.65. The van der Waals surface area contributed by atoms with Gasteiger partial charge in [0.05, 0.1) is 12.8 Å². The number of anilines is 2. The standard InChI is InChI=1S/C20H19FN4O4S/c1-30(28,29)25(12-14-7-9-15(21)10-8-14)13-18-22-11-17(20(26)27)19(24-18)23-16-5-3-2-4-6-16/h2-11H,12-13H2,1H3,(H,26,27)(H,22,23,24). The van der Waals surface area contributed by atoms with Crippen LogP contribution < -0.4 is 5.32 Å². The molecule has 0 unspecified atom stereocenters. The maximum atomic E-state index is 13.1. The Balaban J connectivity index is 1.89. The van der Waals surface area contributed by atoms with Crippen LogP contribution in [0.15, 0.2) is 60.8 Å². The molecule has 0 amide bonds. The Morgan fingerprint density at radius 2 is 1.77 bits per heavy atom. The van der Waals surface area contributed by atoms with E-state index in [0.29, 0.717) is 11.3 Å². The van der Waals surface area contributed by atoms with E-state index in [1.807, 2.05) is 6.07 Å². The molecule has 30 heavy (non-hydrogen) atoms. The van der Waals surface area contributed by atoms with Crippen molar-refractivity contribution in [3.05, 3.63) is 83.6 Å². The second kappa shape index (κ2) is 8.97. The van der Waals surface area contributed by atoms with E-state index in [1.165, 1.54) is 24.3 Å². The number of halogens is 1. The van der Waals surface area contributed by atoms with Crippen LogP contribution in [0.1, 0.15) is 21.7 Å². The van der Waals surface area contributed by atoms with Crippen molar-refractivity contribution in [3.63, 3.8) is 0 Å². The lowest BCUT2D eigenvalue weighted by atomic mass is 10.2. The molecule has 1 heterocycles. The molecule has 2 aromatic carbocycles. The molecule has 0 aliphatic rings. The van der Waals surface area contributed by atoms with Crippen LogP contribution in [-0.4, -0.2) is 40.0 Å². The zero-order valence-electron chi connectivity index (χ0n) is 16.0. The van der Waals surface area contributed by atoms with E-state index in [0.717, 1.165) is 16.8 Å². The van der Waals surface area contributed by atoms with Gasteiger partial charge in [0, 0.05) is 18.4 Å². The van der Waals surface area contributed by atoms with Gasteiger partial charge < -0.3 is 10.4 Å². The van der Waals surface area contributed by atoms with E-state index < -0.39 is 21.8 Å². The van der Waals surface area contributed by atoms with Gasteiger partial charge in [-0.15, -0.1) is 0 Å². The Morgan fingerprint density at radius 3 is 2.37 bits per heavy atom. The summed E-state index contributed by atoms with van der Waals surface area (Å²) in [6, 6.07) is 14.3. The largest absolute Gasteiger partial charge is 0.477 e. The number of hydrogen-bond acceptors (Lipinski definition) is 6. The summed E-state index contributed by atoms with van der Waals surface area (Å²) in [5.41, 5.74) is 1.06. The van der Waals surface area contributed by atoms with Gasteiger partial charge in [-0.2, -0.15) is 4.31 Å². The third-order valence-electron chi connectivity index (χ3n) is 4.16. The molecule has 0 bridgehead atoms. The number of carbonyl (C=O) groups is 1. The molecular formula is C20H19FN4O4S. The monoisotopic (exact) mass is 430 g/mol. The Hall–Kier alpha value is -3.37. The predicted molar refractivity (Wildman–Crippen MR) is 109 cm³/mol. The number of carboxylic acid groups (broad SMARTS) is 1. The van der Waals surface area contributed by atoms with Crippen LogP contribution >= 0.6 is 0 Å². The van der Waals surface area contributed by atoms with Crippen molar-refractivity contribution < 1.29 is 22.7 Å². The van der Waals surface area contributed by atoms with Gasteiger partial charge in [-0.25, -0.2) is 27.6 Å². The molecule has 0 atom stereocenters. The number of nitrogens with one attached hydrogen (secondary N) is 1. The lowest BCUT2D eigenvalue weighted by Gasteiger charge is -2.20. The van der Waals surface area contributed by atoms with Gasteiger partial charge in [0.2, 0.25) is 10.0 Å². The predicted octanol–water partition coefficient (Wildman–Crippen LogP) is 3.02. The number of hydrogen-bond donors (Lipinski definition) is 2. The molecule has 8 nitrogen and oxygen atoms in total. The Bertz CT molecular complexity index is 1140. The van der Waals surface area contributed by atoms with E-state index in [2.05, 4.69) is 15.3 Å². The van der Waals surface area contributed by atoms with Gasteiger partial charge in [-0.05, 0) is 29.8 Å². The smallest absolute Gasteiger partial charge is 0.341 e. The Kier molecular flexibility index (Phi) is 6.38. The maximum absolute atomic E-state index is 13.1. The van der Waals surface area contributed by atoms with Crippen LogP contribution in [0, 0.1) is 5.82 Å². The average Bonchev–Trinajstić information content (AvgIpc) is 2.69. The van der Waals surface area contributed by atoms with Gasteiger partial charge >= 0.3 is 5.97 Å². The fraction of sp³-hybridized carbons (Fsp3) is 0.150.